The zero-order chi connectivity index (χ0) is 20.3. The summed E-state index contributed by atoms with van der Waals surface area (Å²) in [5, 5.41) is 10.2. The maximum absolute atomic E-state index is 13.0. The summed E-state index contributed by atoms with van der Waals surface area (Å²) in [6.45, 7) is 3.16. The molecule has 28 heavy (non-hydrogen) atoms. The third kappa shape index (κ3) is 4.31. The number of hydrogen-bond acceptors (Lipinski definition) is 6. The number of hydrogen-bond donors (Lipinski definition) is 1. The van der Waals surface area contributed by atoms with Gasteiger partial charge in [-0.3, -0.25) is 4.79 Å². The van der Waals surface area contributed by atoms with Crippen molar-refractivity contribution >= 4 is 11.9 Å². The van der Waals surface area contributed by atoms with Gasteiger partial charge in [-0.05, 0) is 43.9 Å². The standard InChI is InChI=1S/C21H29NO6/c1-4-17-12-16(23)13-21(28-17)5-7-22(8-6-21)19(24)14-9-15(20(25)27-3)11-18(10-14)26-2/h9-11,16-17,23H,4-8,12-13H2,1-3H3/t16-,17+/m1/s1. The predicted octanol–water partition coefficient (Wildman–Crippen LogP) is 2.41. The average Bonchev–Trinajstić information content (AvgIpc) is 2.72. The zero-order valence-electron chi connectivity index (χ0n) is 16.8. The maximum Gasteiger partial charge on any atom is 0.338 e. The molecule has 2 heterocycles. The van der Waals surface area contributed by atoms with Gasteiger partial charge >= 0.3 is 5.97 Å². The van der Waals surface area contributed by atoms with Crippen LogP contribution in [0.2, 0.25) is 0 Å². The molecule has 1 amide bonds. The number of methoxy groups -OCH3 is 2. The Kier molecular flexibility index (Phi) is 6.25. The Hall–Kier alpha value is -2.12. The van der Waals surface area contributed by atoms with Crippen LogP contribution >= 0.6 is 0 Å². The quantitative estimate of drug-likeness (QED) is 0.794. The Bertz CT molecular complexity index is 726. The molecule has 0 unspecified atom stereocenters. The van der Waals surface area contributed by atoms with E-state index in [9.17, 15) is 14.7 Å². The summed E-state index contributed by atoms with van der Waals surface area (Å²) in [5.74, 6) is -0.229. The number of rotatable bonds is 4. The smallest absolute Gasteiger partial charge is 0.338 e. The largest absolute Gasteiger partial charge is 0.497 e. The van der Waals surface area contributed by atoms with Gasteiger partial charge in [0.1, 0.15) is 5.75 Å². The molecule has 1 spiro atoms. The van der Waals surface area contributed by atoms with Crippen molar-refractivity contribution in [2.45, 2.75) is 56.8 Å². The number of piperidine rings is 1. The van der Waals surface area contributed by atoms with Crippen molar-refractivity contribution in [3.8, 4) is 5.75 Å². The highest BCUT2D eigenvalue weighted by atomic mass is 16.5. The van der Waals surface area contributed by atoms with Gasteiger partial charge in [-0.15, -0.1) is 0 Å². The third-order valence-corrected chi connectivity index (χ3v) is 5.79. The van der Waals surface area contributed by atoms with Crippen molar-refractivity contribution in [2.75, 3.05) is 27.3 Å². The number of aliphatic hydroxyl groups excluding tert-OH is 1. The Labute approximate surface area is 165 Å². The fraction of sp³-hybridized carbons (Fsp3) is 0.619. The summed E-state index contributed by atoms with van der Waals surface area (Å²) < 4.78 is 16.3. The van der Waals surface area contributed by atoms with Crippen LogP contribution in [0.15, 0.2) is 18.2 Å². The highest BCUT2D eigenvalue weighted by Crippen LogP contribution is 2.38. The van der Waals surface area contributed by atoms with Crippen LogP contribution < -0.4 is 4.74 Å². The van der Waals surface area contributed by atoms with E-state index < -0.39 is 5.97 Å². The molecule has 7 nitrogen and oxygen atoms in total. The number of nitrogens with zero attached hydrogens (tertiary/aromatic N) is 1. The molecule has 0 radical (unpaired) electrons. The molecular weight excluding hydrogens is 362 g/mol. The average molecular weight is 391 g/mol. The van der Waals surface area contributed by atoms with E-state index in [2.05, 4.69) is 6.92 Å². The van der Waals surface area contributed by atoms with Crippen LogP contribution in [-0.4, -0.2) is 67.0 Å². The lowest BCUT2D eigenvalue weighted by Crippen LogP contribution is -2.53. The van der Waals surface area contributed by atoms with Gasteiger partial charge in [-0.1, -0.05) is 6.92 Å². The van der Waals surface area contributed by atoms with Crippen molar-refractivity contribution in [3.63, 3.8) is 0 Å². The number of carbonyl (C=O) groups is 2. The first-order chi connectivity index (χ1) is 13.4. The van der Waals surface area contributed by atoms with Crippen molar-refractivity contribution in [1.82, 2.24) is 4.90 Å². The number of esters is 1. The van der Waals surface area contributed by atoms with E-state index in [1.54, 1.807) is 17.0 Å². The van der Waals surface area contributed by atoms with E-state index in [1.807, 2.05) is 0 Å². The summed E-state index contributed by atoms with van der Waals surface area (Å²) in [6.07, 6.45) is 3.30. The molecule has 0 aliphatic carbocycles. The molecule has 154 valence electrons. The summed E-state index contributed by atoms with van der Waals surface area (Å²) in [7, 11) is 2.79. The van der Waals surface area contributed by atoms with Gasteiger partial charge in [0.2, 0.25) is 0 Å². The highest BCUT2D eigenvalue weighted by molar-refractivity contribution is 5.98. The van der Waals surface area contributed by atoms with Gasteiger partial charge in [0, 0.05) is 25.1 Å². The maximum atomic E-state index is 13.0. The van der Waals surface area contributed by atoms with E-state index in [-0.39, 0.29) is 29.3 Å². The lowest BCUT2D eigenvalue weighted by molar-refractivity contribution is -0.179. The minimum absolute atomic E-state index is 0.0759. The normalized spacial score (nSPS) is 24.1. The first-order valence-corrected chi connectivity index (χ1v) is 9.82. The number of aliphatic hydroxyl groups is 1. The number of carbonyl (C=O) groups excluding carboxylic acids is 2. The highest BCUT2D eigenvalue weighted by Gasteiger charge is 2.43. The van der Waals surface area contributed by atoms with E-state index >= 15 is 0 Å². The molecule has 0 saturated carbocycles. The van der Waals surface area contributed by atoms with Crippen molar-refractivity contribution in [2.24, 2.45) is 0 Å². The van der Waals surface area contributed by atoms with E-state index in [0.717, 1.165) is 6.42 Å². The second-order valence-corrected chi connectivity index (χ2v) is 7.66. The second kappa shape index (κ2) is 8.49. The van der Waals surface area contributed by atoms with Crippen LogP contribution in [0.25, 0.3) is 0 Å². The molecule has 3 rings (SSSR count). The SMILES string of the molecule is CC[C@H]1C[C@@H](O)CC2(CCN(C(=O)c3cc(OC)cc(C(=O)OC)c3)CC2)O1. The number of amides is 1. The van der Waals surface area contributed by atoms with Gasteiger partial charge in [-0.25, -0.2) is 4.79 Å². The Morgan fingerprint density at radius 2 is 1.89 bits per heavy atom. The van der Waals surface area contributed by atoms with Crippen LogP contribution in [0.3, 0.4) is 0 Å². The summed E-state index contributed by atoms with van der Waals surface area (Å²) >= 11 is 0. The van der Waals surface area contributed by atoms with Gasteiger partial charge in [0.05, 0.1) is 37.6 Å². The fourth-order valence-corrected chi connectivity index (χ4v) is 4.21. The molecule has 2 fully saturated rings. The van der Waals surface area contributed by atoms with Gasteiger partial charge in [0.15, 0.2) is 0 Å². The Morgan fingerprint density at radius 3 is 2.50 bits per heavy atom. The van der Waals surface area contributed by atoms with E-state index in [1.165, 1.54) is 20.3 Å². The monoisotopic (exact) mass is 391 g/mol. The van der Waals surface area contributed by atoms with Crippen LogP contribution in [0.5, 0.6) is 5.75 Å². The Morgan fingerprint density at radius 1 is 1.21 bits per heavy atom. The van der Waals surface area contributed by atoms with Crippen LogP contribution in [-0.2, 0) is 9.47 Å². The van der Waals surface area contributed by atoms with Crippen molar-refractivity contribution in [3.05, 3.63) is 29.3 Å². The molecule has 1 aromatic carbocycles. The molecule has 7 heteroatoms. The van der Waals surface area contributed by atoms with Gasteiger partial charge < -0.3 is 24.2 Å². The topological polar surface area (TPSA) is 85.3 Å². The second-order valence-electron chi connectivity index (χ2n) is 7.66. The first kappa shape index (κ1) is 20.6. The predicted molar refractivity (Wildman–Crippen MR) is 103 cm³/mol. The third-order valence-electron chi connectivity index (χ3n) is 5.79. The summed E-state index contributed by atoms with van der Waals surface area (Å²) in [6, 6.07) is 4.72. The summed E-state index contributed by atoms with van der Waals surface area (Å²) in [5.41, 5.74) is 0.329. The molecule has 2 saturated heterocycles. The molecular formula is C21H29NO6. The minimum Gasteiger partial charge on any atom is -0.497 e. The first-order valence-electron chi connectivity index (χ1n) is 9.82. The minimum atomic E-state index is -0.513. The fourth-order valence-electron chi connectivity index (χ4n) is 4.21. The van der Waals surface area contributed by atoms with Gasteiger partial charge in [-0.2, -0.15) is 0 Å². The van der Waals surface area contributed by atoms with Gasteiger partial charge in [0.25, 0.3) is 5.91 Å². The molecule has 2 aliphatic heterocycles. The lowest BCUT2D eigenvalue weighted by Gasteiger charge is -2.47. The molecule has 0 bridgehead atoms. The summed E-state index contributed by atoms with van der Waals surface area (Å²) in [4.78, 5) is 26.7. The molecule has 2 atom stereocenters. The van der Waals surface area contributed by atoms with Crippen molar-refractivity contribution in [1.29, 1.82) is 0 Å². The number of benzene rings is 1. The van der Waals surface area contributed by atoms with E-state index in [4.69, 9.17) is 14.2 Å². The lowest BCUT2D eigenvalue weighted by atomic mass is 9.81. The van der Waals surface area contributed by atoms with Crippen LogP contribution in [0, 0.1) is 0 Å². The molecule has 1 N–H and O–H groups in total. The molecule has 1 aromatic rings. The molecule has 2 aliphatic rings. The number of likely N-dealkylation sites (tertiary alicyclic amines) is 1. The van der Waals surface area contributed by atoms with Crippen LogP contribution in [0.1, 0.15) is 59.7 Å². The zero-order valence-corrected chi connectivity index (χ0v) is 16.8. The number of ether oxygens (including phenoxy) is 3. The van der Waals surface area contributed by atoms with Crippen LogP contribution in [0.4, 0.5) is 0 Å². The molecule has 0 aromatic heterocycles. The Balaban J connectivity index is 1.72. The van der Waals surface area contributed by atoms with E-state index in [0.29, 0.717) is 50.1 Å². The van der Waals surface area contributed by atoms with Crippen molar-refractivity contribution < 1.29 is 28.9 Å².